The Morgan fingerprint density at radius 3 is 2.16 bits per heavy atom. The quantitative estimate of drug-likeness (QED) is 0.813. The van der Waals surface area contributed by atoms with Gasteiger partial charge in [0.25, 0.3) is 0 Å². The molecule has 6 nitrogen and oxygen atoms in total. The number of rotatable bonds is 5. The van der Waals surface area contributed by atoms with Gasteiger partial charge >= 0.3 is 0 Å². The molecule has 1 aliphatic carbocycles. The highest BCUT2D eigenvalue weighted by molar-refractivity contribution is 5.82. The molecule has 2 amide bonds. The lowest BCUT2D eigenvalue weighted by Crippen LogP contribution is -2.51. The fourth-order valence-corrected chi connectivity index (χ4v) is 3.29. The maximum Gasteiger partial charge on any atom is 0.227 e. The number of hydrogen-bond acceptors (Lipinski definition) is 4. The second kappa shape index (κ2) is 7.33. The number of aryl methyl sites for hydroxylation is 1. The Hall–Kier alpha value is -2.24. The van der Waals surface area contributed by atoms with Gasteiger partial charge in [-0.05, 0) is 37.5 Å². The summed E-state index contributed by atoms with van der Waals surface area (Å²) in [6.07, 6.45) is 2.32. The van der Waals surface area contributed by atoms with Crippen LogP contribution in [0.5, 0.6) is 11.5 Å². The molecular formula is C19H26N2O4. The summed E-state index contributed by atoms with van der Waals surface area (Å²) in [6.45, 7) is 4.42. The van der Waals surface area contributed by atoms with Gasteiger partial charge in [-0.15, -0.1) is 0 Å². The van der Waals surface area contributed by atoms with Crippen LogP contribution < -0.4 is 9.47 Å². The summed E-state index contributed by atoms with van der Waals surface area (Å²) in [7, 11) is 3.23. The lowest BCUT2D eigenvalue weighted by Gasteiger charge is -2.35. The minimum Gasteiger partial charge on any atom is -0.496 e. The number of piperazine rings is 1. The molecule has 0 bridgehead atoms. The van der Waals surface area contributed by atoms with Crippen LogP contribution in [0.1, 0.15) is 24.0 Å². The number of ether oxygens (including phenoxy) is 2. The van der Waals surface area contributed by atoms with Crippen LogP contribution in [0, 0.1) is 12.8 Å². The molecule has 1 saturated carbocycles. The van der Waals surface area contributed by atoms with Crippen LogP contribution in [0.4, 0.5) is 0 Å². The van der Waals surface area contributed by atoms with Gasteiger partial charge < -0.3 is 19.3 Å². The van der Waals surface area contributed by atoms with Crippen LogP contribution in [0.25, 0.3) is 0 Å². The molecule has 1 aromatic rings. The van der Waals surface area contributed by atoms with Gasteiger partial charge in [0, 0.05) is 37.7 Å². The maximum atomic E-state index is 12.7. The molecule has 1 aromatic carbocycles. The average molecular weight is 346 g/mol. The number of hydrogen-bond donors (Lipinski definition) is 0. The van der Waals surface area contributed by atoms with Gasteiger partial charge in [-0.3, -0.25) is 9.59 Å². The topological polar surface area (TPSA) is 59.1 Å². The lowest BCUT2D eigenvalue weighted by molar-refractivity contribution is -0.140. The summed E-state index contributed by atoms with van der Waals surface area (Å²) in [5.41, 5.74) is 1.80. The van der Waals surface area contributed by atoms with Crippen LogP contribution in [0.2, 0.25) is 0 Å². The van der Waals surface area contributed by atoms with Crippen molar-refractivity contribution in [2.24, 2.45) is 5.92 Å². The van der Waals surface area contributed by atoms with Gasteiger partial charge in [0.05, 0.1) is 20.6 Å². The zero-order valence-electron chi connectivity index (χ0n) is 15.2. The third-order valence-electron chi connectivity index (χ3n) is 5.01. The normalized spacial score (nSPS) is 17.4. The molecule has 0 unspecified atom stereocenters. The van der Waals surface area contributed by atoms with E-state index in [4.69, 9.17) is 9.47 Å². The molecule has 136 valence electrons. The zero-order valence-corrected chi connectivity index (χ0v) is 15.2. The van der Waals surface area contributed by atoms with Gasteiger partial charge in [-0.2, -0.15) is 0 Å². The molecule has 2 fully saturated rings. The summed E-state index contributed by atoms with van der Waals surface area (Å²) >= 11 is 0. The highest BCUT2D eigenvalue weighted by Gasteiger charge is 2.35. The summed E-state index contributed by atoms with van der Waals surface area (Å²) in [5, 5.41) is 0. The second-order valence-electron chi connectivity index (χ2n) is 6.79. The smallest absolute Gasteiger partial charge is 0.227 e. The van der Waals surface area contributed by atoms with Crippen molar-refractivity contribution in [3.8, 4) is 11.5 Å². The Balaban J connectivity index is 1.62. The summed E-state index contributed by atoms with van der Waals surface area (Å²) in [5.74, 6) is 2.02. The van der Waals surface area contributed by atoms with Crippen molar-refractivity contribution in [2.45, 2.75) is 26.2 Å². The van der Waals surface area contributed by atoms with E-state index < -0.39 is 0 Å². The van der Waals surface area contributed by atoms with Crippen molar-refractivity contribution in [3.05, 3.63) is 23.3 Å². The molecule has 25 heavy (non-hydrogen) atoms. The number of methoxy groups -OCH3 is 2. The largest absolute Gasteiger partial charge is 0.496 e. The SMILES string of the molecule is COc1cc(CC(=O)N2CCN(C(=O)C3CC3)CC2)c(OC)cc1C. The van der Waals surface area contributed by atoms with E-state index in [-0.39, 0.29) is 24.2 Å². The maximum absolute atomic E-state index is 12.7. The molecule has 1 aliphatic heterocycles. The van der Waals surface area contributed by atoms with Crippen LogP contribution in [-0.2, 0) is 16.0 Å². The predicted octanol–water partition coefficient (Wildman–Crippen LogP) is 1.64. The monoisotopic (exact) mass is 346 g/mol. The summed E-state index contributed by atoms with van der Waals surface area (Å²) in [4.78, 5) is 28.5. The number of benzene rings is 1. The Bertz CT molecular complexity index is 662. The number of carbonyl (C=O) groups excluding carboxylic acids is 2. The fraction of sp³-hybridized carbons (Fsp3) is 0.579. The molecule has 1 heterocycles. The number of nitrogens with zero attached hydrogens (tertiary/aromatic N) is 2. The summed E-state index contributed by atoms with van der Waals surface area (Å²) < 4.78 is 10.8. The minimum absolute atomic E-state index is 0.0581. The van der Waals surface area contributed by atoms with Crippen LogP contribution in [-0.4, -0.2) is 62.0 Å². The third-order valence-corrected chi connectivity index (χ3v) is 5.01. The van der Waals surface area contributed by atoms with Crippen molar-refractivity contribution >= 4 is 11.8 Å². The van der Waals surface area contributed by atoms with Gasteiger partial charge in [0.2, 0.25) is 11.8 Å². The first-order valence-electron chi connectivity index (χ1n) is 8.81. The fourth-order valence-electron chi connectivity index (χ4n) is 3.29. The Labute approximate surface area is 148 Å². The highest BCUT2D eigenvalue weighted by Crippen LogP contribution is 2.31. The number of carbonyl (C=O) groups is 2. The molecule has 0 N–H and O–H groups in total. The van der Waals surface area contributed by atoms with Crippen molar-refractivity contribution in [3.63, 3.8) is 0 Å². The second-order valence-corrected chi connectivity index (χ2v) is 6.79. The Kier molecular flexibility index (Phi) is 5.16. The molecule has 1 saturated heterocycles. The molecule has 0 atom stereocenters. The number of amides is 2. The van der Waals surface area contributed by atoms with Crippen molar-refractivity contribution in [1.29, 1.82) is 0 Å². The van der Waals surface area contributed by atoms with Crippen molar-refractivity contribution in [2.75, 3.05) is 40.4 Å². The molecule has 0 aromatic heterocycles. The first-order valence-corrected chi connectivity index (χ1v) is 8.81. The first kappa shape index (κ1) is 17.6. The van der Waals surface area contributed by atoms with E-state index in [1.807, 2.05) is 28.9 Å². The van der Waals surface area contributed by atoms with Crippen LogP contribution in [0.3, 0.4) is 0 Å². The van der Waals surface area contributed by atoms with Crippen LogP contribution >= 0.6 is 0 Å². The minimum atomic E-state index is 0.0581. The van der Waals surface area contributed by atoms with E-state index in [0.29, 0.717) is 31.9 Å². The van der Waals surface area contributed by atoms with Gasteiger partial charge in [-0.1, -0.05) is 0 Å². The Morgan fingerprint density at radius 2 is 1.60 bits per heavy atom. The predicted molar refractivity (Wildman–Crippen MR) is 93.9 cm³/mol. The molecule has 2 aliphatic rings. The van der Waals surface area contributed by atoms with E-state index >= 15 is 0 Å². The molecule has 0 radical (unpaired) electrons. The van der Waals surface area contributed by atoms with Crippen molar-refractivity contribution in [1.82, 2.24) is 9.80 Å². The molecule has 0 spiro atoms. The zero-order chi connectivity index (χ0) is 18.0. The molecular weight excluding hydrogens is 320 g/mol. The Morgan fingerprint density at radius 1 is 1.00 bits per heavy atom. The average Bonchev–Trinajstić information content (AvgIpc) is 3.47. The molecule has 6 heteroatoms. The van der Waals surface area contributed by atoms with Gasteiger partial charge in [0.1, 0.15) is 11.5 Å². The van der Waals surface area contributed by atoms with E-state index in [0.717, 1.165) is 29.7 Å². The van der Waals surface area contributed by atoms with Gasteiger partial charge in [0.15, 0.2) is 0 Å². The standard InChI is InChI=1S/C19H26N2O4/c1-13-10-17(25-3)15(11-16(13)24-2)12-18(22)20-6-8-21(9-7-20)19(23)14-4-5-14/h10-11,14H,4-9,12H2,1-3H3. The van der Waals surface area contributed by atoms with E-state index in [1.165, 1.54) is 0 Å². The highest BCUT2D eigenvalue weighted by atomic mass is 16.5. The van der Waals surface area contributed by atoms with Crippen molar-refractivity contribution < 1.29 is 19.1 Å². The van der Waals surface area contributed by atoms with E-state index in [9.17, 15) is 9.59 Å². The summed E-state index contributed by atoms with van der Waals surface area (Å²) in [6, 6.07) is 3.77. The first-order chi connectivity index (χ1) is 12.0. The molecule has 3 rings (SSSR count). The van der Waals surface area contributed by atoms with Gasteiger partial charge in [-0.25, -0.2) is 0 Å². The third kappa shape index (κ3) is 3.89. The van der Waals surface area contributed by atoms with Crippen LogP contribution in [0.15, 0.2) is 12.1 Å². The lowest BCUT2D eigenvalue weighted by atomic mass is 10.1. The van der Waals surface area contributed by atoms with E-state index in [2.05, 4.69) is 0 Å². The van der Waals surface area contributed by atoms with E-state index in [1.54, 1.807) is 14.2 Å².